The van der Waals surface area contributed by atoms with E-state index in [9.17, 15) is 14.9 Å². The fourth-order valence-corrected chi connectivity index (χ4v) is 4.79. The van der Waals surface area contributed by atoms with Crippen molar-refractivity contribution in [3.63, 3.8) is 0 Å². The number of amides is 1. The van der Waals surface area contributed by atoms with Gasteiger partial charge in [-0.1, -0.05) is 0 Å². The molecule has 25 heavy (non-hydrogen) atoms. The highest BCUT2D eigenvalue weighted by Crippen LogP contribution is 2.40. The first-order chi connectivity index (χ1) is 12.1. The van der Waals surface area contributed by atoms with Gasteiger partial charge in [0.1, 0.15) is 11.6 Å². The van der Waals surface area contributed by atoms with Gasteiger partial charge >= 0.3 is 5.97 Å². The second-order valence-electron chi connectivity index (χ2n) is 7.61. The molecule has 0 aromatic heterocycles. The Morgan fingerprint density at radius 1 is 1.12 bits per heavy atom. The Kier molecular flexibility index (Phi) is 5.63. The van der Waals surface area contributed by atoms with Gasteiger partial charge in [0.25, 0.3) is 0 Å². The van der Waals surface area contributed by atoms with Crippen molar-refractivity contribution in [2.45, 2.75) is 69.4 Å². The standard InChI is InChI=1S/C19H28N2O4/c1-24-18(23)15-7-5-14(6-8-15)17(22)21-11-4-10-19(16(21)13-20)9-2-3-12-25-19/h14-16H,2-12H2,1H3/t14?,15?,16-,19+/m0/s1. The number of rotatable bonds is 2. The topological polar surface area (TPSA) is 79.6 Å². The molecule has 6 heteroatoms. The molecule has 2 saturated heterocycles. The number of hydrogen-bond donors (Lipinski definition) is 0. The van der Waals surface area contributed by atoms with Gasteiger partial charge in [-0.05, 0) is 57.8 Å². The monoisotopic (exact) mass is 348 g/mol. The van der Waals surface area contributed by atoms with Gasteiger partial charge in [0, 0.05) is 19.1 Å². The van der Waals surface area contributed by atoms with E-state index >= 15 is 0 Å². The van der Waals surface area contributed by atoms with E-state index in [0.717, 1.165) is 32.1 Å². The minimum absolute atomic E-state index is 0.0723. The van der Waals surface area contributed by atoms with Gasteiger partial charge in [-0.25, -0.2) is 0 Å². The van der Waals surface area contributed by atoms with Gasteiger partial charge < -0.3 is 14.4 Å². The van der Waals surface area contributed by atoms with Crippen molar-refractivity contribution in [2.75, 3.05) is 20.3 Å². The van der Waals surface area contributed by atoms with Crippen molar-refractivity contribution in [2.24, 2.45) is 11.8 Å². The molecule has 0 radical (unpaired) electrons. The van der Waals surface area contributed by atoms with Gasteiger partial charge in [-0.3, -0.25) is 9.59 Å². The van der Waals surface area contributed by atoms with E-state index in [0.29, 0.717) is 38.8 Å². The van der Waals surface area contributed by atoms with Crippen LogP contribution in [-0.2, 0) is 19.1 Å². The van der Waals surface area contributed by atoms with E-state index in [4.69, 9.17) is 9.47 Å². The number of hydrogen-bond acceptors (Lipinski definition) is 5. The van der Waals surface area contributed by atoms with Crippen molar-refractivity contribution in [3.8, 4) is 6.07 Å². The van der Waals surface area contributed by atoms with Crippen LogP contribution in [-0.4, -0.2) is 48.7 Å². The maximum absolute atomic E-state index is 13.1. The zero-order valence-electron chi connectivity index (χ0n) is 15.0. The van der Waals surface area contributed by atoms with Gasteiger partial charge in [-0.2, -0.15) is 5.26 Å². The van der Waals surface area contributed by atoms with Crippen LogP contribution in [0.1, 0.15) is 57.8 Å². The van der Waals surface area contributed by atoms with Gasteiger partial charge in [0.15, 0.2) is 0 Å². The molecule has 3 aliphatic rings. The average molecular weight is 348 g/mol. The molecule has 2 aliphatic heterocycles. The maximum Gasteiger partial charge on any atom is 0.308 e. The molecule has 0 aromatic carbocycles. The summed E-state index contributed by atoms with van der Waals surface area (Å²) >= 11 is 0. The van der Waals surface area contributed by atoms with Crippen LogP contribution in [0.15, 0.2) is 0 Å². The lowest BCUT2D eigenvalue weighted by Crippen LogP contribution is -2.61. The van der Waals surface area contributed by atoms with E-state index < -0.39 is 11.6 Å². The molecule has 1 amide bonds. The molecule has 0 unspecified atom stereocenters. The number of piperidine rings is 1. The second-order valence-corrected chi connectivity index (χ2v) is 7.61. The van der Waals surface area contributed by atoms with Crippen LogP contribution in [0.25, 0.3) is 0 Å². The third-order valence-corrected chi connectivity index (χ3v) is 6.21. The molecule has 2 atom stereocenters. The van der Waals surface area contributed by atoms with E-state index in [1.807, 2.05) is 0 Å². The molecular formula is C19H28N2O4. The zero-order valence-corrected chi connectivity index (χ0v) is 15.0. The van der Waals surface area contributed by atoms with E-state index in [1.54, 1.807) is 4.90 Å². The fraction of sp³-hybridized carbons (Fsp3) is 0.842. The van der Waals surface area contributed by atoms with Crippen molar-refractivity contribution in [1.29, 1.82) is 5.26 Å². The first-order valence-corrected chi connectivity index (χ1v) is 9.53. The Hall–Kier alpha value is -1.61. The number of nitrogens with zero attached hydrogens (tertiary/aromatic N) is 2. The third kappa shape index (κ3) is 3.52. The first kappa shape index (κ1) is 18.2. The summed E-state index contributed by atoms with van der Waals surface area (Å²) in [6, 6.07) is 1.90. The number of esters is 1. The van der Waals surface area contributed by atoms with E-state index in [2.05, 4.69) is 6.07 Å². The lowest BCUT2D eigenvalue weighted by atomic mass is 9.77. The van der Waals surface area contributed by atoms with Crippen LogP contribution in [0.5, 0.6) is 0 Å². The van der Waals surface area contributed by atoms with E-state index in [1.165, 1.54) is 7.11 Å². The van der Waals surface area contributed by atoms with E-state index in [-0.39, 0.29) is 23.7 Å². The Labute approximate surface area is 149 Å². The Balaban J connectivity index is 1.67. The first-order valence-electron chi connectivity index (χ1n) is 9.53. The predicted octanol–water partition coefficient (Wildman–Crippen LogP) is 2.42. The Bertz CT molecular complexity index is 537. The van der Waals surface area contributed by atoms with Crippen LogP contribution < -0.4 is 0 Å². The number of nitriles is 1. The second kappa shape index (κ2) is 7.74. The Morgan fingerprint density at radius 3 is 2.40 bits per heavy atom. The number of carbonyl (C=O) groups is 2. The Morgan fingerprint density at radius 2 is 1.80 bits per heavy atom. The number of ether oxygens (including phenoxy) is 2. The van der Waals surface area contributed by atoms with Crippen molar-refractivity contribution >= 4 is 11.9 Å². The summed E-state index contributed by atoms with van der Waals surface area (Å²) in [5.41, 5.74) is -0.468. The summed E-state index contributed by atoms with van der Waals surface area (Å²) in [6.07, 6.45) is 7.49. The fourth-order valence-electron chi connectivity index (χ4n) is 4.79. The summed E-state index contributed by atoms with van der Waals surface area (Å²) in [5, 5.41) is 9.79. The zero-order chi connectivity index (χ0) is 17.9. The molecule has 2 heterocycles. The molecule has 3 fully saturated rings. The minimum Gasteiger partial charge on any atom is -0.469 e. The minimum atomic E-state index is -0.479. The quantitative estimate of drug-likeness (QED) is 0.716. The highest BCUT2D eigenvalue weighted by molar-refractivity contribution is 5.80. The molecule has 0 N–H and O–H groups in total. The average Bonchev–Trinajstić information content (AvgIpc) is 2.67. The molecule has 0 bridgehead atoms. The number of methoxy groups -OCH3 is 1. The lowest BCUT2D eigenvalue weighted by Gasteiger charge is -2.49. The largest absolute Gasteiger partial charge is 0.469 e. The summed E-state index contributed by atoms with van der Waals surface area (Å²) in [6.45, 7) is 1.32. The highest BCUT2D eigenvalue weighted by Gasteiger charge is 2.49. The molecule has 138 valence electrons. The van der Waals surface area contributed by atoms with Crippen LogP contribution in [0, 0.1) is 23.2 Å². The molecule has 1 saturated carbocycles. The van der Waals surface area contributed by atoms with Gasteiger partial charge in [-0.15, -0.1) is 0 Å². The highest BCUT2D eigenvalue weighted by atomic mass is 16.5. The summed E-state index contributed by atoms with van der Waals surface area (Å²) in [7, 11) is 1.41. The van der Waals surface area contributed by atoms with Crippen molar-refractivity contribution in [1.82, 2.24) is 4.90 Å². The van der Waals surface area contributed by atoms with Crippen LogP contribution in [0.3, 0.4) is 0 Å². The molecule has 0 aromatic rings. The predicted molar refractivity (Wildman–Crippen MR) is 90.3 cm³/mol. The molecule has 6 nitrogen and oxygen atoms in total. The third-order valence-electron chi connectivity index (χ3n) is 6.21. The molecule has 1 spiro atoms. The maximum atomic E-state index is 13.1. The number of carbonyl (C=O) groups excluding carboxylic acids is 2. The van der Waals surface area contributed by atoms with Crippen molar-refractivity contribution in [3.05, 3.63) is 0 Å². The van der Waals surface area contributed by atoms with Crippen LogP contribution in [0.2, 0.25) is 0 Å². The lowest BCUT2D eigenvalue weighted by molar-refractivity contribution is -0.164. The number of likely N-dealkylation sites (tertiary alicyclic amines) is 1. The molecule has 3 rings (SSSR count). The molecular weight excluding hydrogens is 320 g/mol. The van der Waals surface area contributed by atoms with Gasteiger partial charge in [0.2, 0.25) is 5.91 Å². The normalized spacial score (nSPS) is 35.8. The molecule has 1 aliphatic carbocycles. The smallest absolute Gasteiger partial charge is 0.308 e. The summed E-state index contributed by atoms with van der Waals surface area (Å²) in [5.74, 6) is -0.276. The van der Waals surface area contributed by atoms with Gasteiger partial charge in [0.05, 0.1) is 19.1 Å². The summed E-state index contributed by atoms with van der Waals surface area (Å²) < 4.78 is 10.9. The summed E-state index contributed by atoms with van der Waals surface area (Å²) in [4.78, 5) is 26.5. The SMILES string of the molecule is COC(=O)C1CCC(C(=O)N2CCC[C@]3(CCCCO3)[C@@H]2C#N)CC1. The van der Waals surface area contributed by atoms with Crippen molar-refractivity contribution < 1.29 is 19.1 Å². The van der Waals surface area contributed by atoms with Crippen LogP contribution >= 0.6 is 0 Å². The van der Waals surface area contributed by atoms with Crippen LogP contribution in [0.4, 0.5) is 0 Å².